The molecule has 0 bridgehead atoms. The van der Waals surface area contributed by atoms with Gasteiger partial charge in [-0.1, -0.05) is 52.9 Å². The van der Waals surface area contributed by atoms with Crippen LogP contribution in [0.5, 0.6) is 0 Å². The third kappa shape index (κ3) is 6.81. The molecule has 1 fully saturated rings. The molecule has 0 aromatic heterocycles. The van der Waals surface area contributed by atoms with Crippen LogP contribution in [0.25, 0.3) is 0 Å². The van der Waals surface area contributed by atoms with Crippen LogP contribution in [0.3, 0.4) is 0 Å². The van der Waals surface area contributed by atoms with Gasteiger partial charge in [0.05, 0.1) is 0 Å². The number of hydrogen-bond donors (Lipinski definition) is 3. The molecule has 4 heteroatoms. The summed E-state index contributed by atoms with van der Waals surface area (Å²) in [7, 11) is 0. The Kier molecular flexibility index (Phi) is 7.21. The van der Waals surface area contributed by atoms with E-state index in [0.29, 0.717) is 6.04 Å². The van der Waals surface area contributed by atoms with Crippen molar-refractivity contribution in [3.8, 4) is 0 Å². The van der Waals surface area contributed by atoms with Crippen LogP contribution < -0.4 is 16.6 Å². The molecule has 1 aliphatic rings. The van der Waals surface area contributed by atoms with E-state index >= 15 is 0 Å². The number of hydrazine groups is 1. The second-order valence-corrected chi connectivity index (χ2v) is 6.56. The van der Waals surface area contributed by atoms with Crippen LogP contribution in [0.1, 0.15) is 72.1 Å². The molecular formula is C15H32N4. The van der Waals surface area contributed by atoms with Crippen molar-refractivity contribution in [1.82, 2.24) is 10.7 Å². The molecular weight excluding hydrogens is 236 g/mol. The van der Waals surface area contributed by atoms with Crippen molar-refractivity contribution < 1.29 is 0 Å². The zero-order chi connectivity index (χ0) is 14.1. The standard InChI is InChI=1S/C15H32N4/c1-4-5-8-11-15(2,3)12-17-14(19-16)18-13-9-6-7-10-13/h13H,4-12,16H2,1-3H3,(H2,17,18,19). The van der Waals surface area contributed by atoms with Gasteiger partial charge in [-0.25, -0.2) is 5.84 Å². The second-order valence-electron chi connectivity index (χ2n) is 6.56. The Morgan fingerprint density at radius 1 is 1.26 bits per heavy atom. The smallest absolute Gasteiger partial charge is 0.205 e. The summed E-state index contributed by atoms with van der Waals surface area (Å²) in [6, 6.07) is 0.554. The highest BCUT2D eigenvalue weighted by Crippen LogP contribution is 2.24. The molecule has 1 saturated carbocycles. The van der Waals surface area contributed by atoms with Gasteiger partial charge in [0.2, 0.25) is 5.96 Å². The van der Waals surface area contributed by atoms with Gasteiger partial charge in [-0.2, -0.15) is 0 Å². The Balaban J connectivity index is 2.36. The normalized spacial score (nSPS) is 17.8. The number of nitrogens with one attached hydrogen (secondary N) is 2. The van der Waals surface area contributed by atoms with Gasteiger partial charge in [0.15, 0.2) is 0 Å². The van der Waals surface area contributed by atoms with E-state index in [1.807, 2.05) is 0 Å². The summed E-state index contributed by atoms with van der Waals surface area (Å²) in [6.45, 7) is 7.65. The molecule has 0 aromatic carbocycles. The summed E-state index contributed by atoms with van der Waals surface area (Å²) >= 11 is 0. The maximum atomic E-state index is 5.56. The van der Waals surface area contributed by atoms with Gasteiger partial charge in [-0.05, 0) is 24.7 Å². The third-order valence-electron chi connectivity index (χ3n) is 3.96. The molecule has 0 aliphatic heterocycles. The van der Waals surface area contributed by atoms with Crippen LogP contribution in [0.4, 0.5) is 0 Å². The maximum absolute atomic E-state index is 5.56. The van der Waals surface area contributed by atoms with Crippen molar-refractivity contribution in [2.45, 2.75) is 78.2 Å². The van der Waals surface area contributed by atoms with E-state index in [4.69, 9.17) is 5.84 Å². The number of nitrogens with zero attached hydrogens (tertiary/aromatic N) is 1. The van der Waals surface area contributed by atoms with Gasteiger partial charge >= 0.3 is 0 Å². The van der Waals surface area contributed by atoms with Crippen LogP contribution >= 0.6 is 0 Å². The average molecular weight is 268 g/mol. The molecule has 0 radical (unpaired) electrons. The molecule has 19 heavy (non-hydrogen) atoms. The molecule has 0 spiro atoms. The van der Waals surface area contributed by atoms with E-state index < -0.39 is 0 Å². The Morgan fingerprint density at radius 2 is 1.95 bits per heavy atom. The van der Waals surface area contributed by atoms with Gasteiger partial charge in [-0.15, -0.1) is 0 Å². The van der Waals surface area contributed by atoms with Crippen molar-refractivity contribution in [3.05, 3.63) is 0 Å². The van der Waals surface area contributed by atoms with Gasteiger partial charge in [0, 0.05) is 12.6 Å². The molecule has 0 aromatic rings. The van der Waals surface area contributed by atoms with Gasteiger partial charge in [0.25, 0.3) is 0 Å². The lowest BCUT2D eigenvalue weighted by atomic mass is 9.87. The number of guanidine groups is 1. The number of hydrogen-bond acceptors (Lipinski definition) is 2. The first kappa shape index (κ1) is 16.3. The van der Waals surface area contributed by atoms with Gasteiger partial charge in [-0.3, -0.25) is 10.4 Å². The molecule has 0 saturated heterocycles. The van der Waals surface area contributed by atoms with Crippen LogP contribution in [0.2, 0.25) is 0 Å². The Labute approximate surface area is 118 Å². The maximum Gasteiger partial charge on any atom is 0.205 e. The molecule has 4 N–H and O–H groups in total. The van der Waals surface area contributed by atoms with E-state index in [0.717, 1.165) is 12.5 Å². The van der Waals surface area contributed by atoms with Crippen molar-refractivity contribution in [3.63, 3.8) is 0 Å². The van der Waals surface area contributed by atoms with Crippen LogP contribution in [-0.4, -0.2) is 18.5 Å². The van der Waals surface area contributed by atoms with Gasteiger partial charge < -0.3 is 5.32 Å². The fourth-order valence-electron chi connectivity index (χ4n) is 2.62. The molecule has 0 unspecified atom stereocenters. The number of unbranched alkanes of at least 4 members (excludes halogenated alkanes) is 2. The molecule has 1 aliphatic carbocycles. The predicted octanol–water partition coefficient (Wildman–Crippen LogP) is 2.94. The summed E-state index contributed by atoms with van der Waals surface area (Å²) in [5.74, 6) is 6.32. The lowest BCUT2D eigenvalue weighted by molar-refractivity contribution is 0.332. The summed E-state index contributed by atoms with van der Waals surface area (Å²) in [4.78, 5) is 4.63. The van der Waals surface area contributed by atoms with E-state index in [1.54, 1.807) is 0 Å². The van der Waals surface area contributed by atoms with E-state index in [-0.39, 0.29) is 5.41 Å². The Hall–Kier alpha value is -0.770. The van der Waals surface area contributed by atoms with Gasteiger partial charge in [0.1, 0.15) is 0 Å². The zero-order valence-corrected chi connectivity index (χ0v) is 13.0. The number of aliphatic imine (C=N–C) groups is 1. The molecule has 1 rings (SSSR count). The minimum absolute atomic E-state index is 0.259. The summed E-state index contributed by atoms with van der Waals surface area (Å²) in [6.07, 6.45) is 10.2. The molecule has 0 atom stereocenters. The zero-order valence-electron chi connectivity index (χ0n) is 13.0. The molecule has 112 valence electrons. The summed E-state index contributed by atoms with van der Waals surface area (Å²) < 4.78 is 0. The fraction of sp³-hybridized carbons (Fsp3) is 0.933. The molecule has 0 heterocycles. The first-order valence-corrected chi connectivity index (χ1v) is 7.85. The highest BCUT2D eigenvalue weighted by atomic mass is 15.3. The van der Waals surface area contributed by atoms with E-state index in [1.165, 1.54) is 51.4 Å². The summed E-state index contributed by atoms with van der Waals surface area (Å²) in [5.41, 5.74) is 2.97. The van der Waals surface area contributed by atoms with Crippen LogP contribution in [-0.2, 0) is 0 Å². The summed E-state index contributed by atoms with van der Waals surface area (Å²) in [5, 5.41) is 3.42. The average Bonchev–Trinajstić information content (AvgIpc) is 2.87. The highest BCUT2D eigenvalue weighted by Gasteiger charge is 2.19. The molecule has 4 nitrogen and oxygen atoms in total. The highest BCUT2D eigenvalue weighted by molar-refractivity contribution is 5.79. The van der Waals surface area contributed by atoms with Crippen LogP contribution in [0.15, 0.2) is 4.99 Å². The fourth-order valence-corrected chi connectivity index (χ4v) is 2.62. The predicted molar refractivity (Wildman–Crippen MR) is 82.9 cm³/mol. The first-order chi connectivity index (χ1) is 9.07. The van der Waals surface area contributed by atoms with E-state index in [2.05, 4.69) is 36.5 Å². The quantitative estimate of drug-likeness (QED) is 0.219. The minimum Gasteiger partial charge on any atom is -0.353 e. The lowest BCUT2D eigenvalue weighted by Crippen LogP contribution is -2.46. The minimum atomic E-state index is 0.259. The Bertz CT molecular complexity index is 267. The van der Waals surface area contributed by atoms with Crippen molar-refractivity contribution in [2.75, 3.05) is 6.54 Å². The molecule has 0 amide bonds. The Morgan fingerprint density at radius 3 is 2.53 bits per heavy atom. The monoisotopic (exact) mass is 268 g/mol. The number of rotatable bonds is 7. The van der Waals surface area contributed by atoms with Crippen molar-refractivity contribution >= 4 is 5.96 Å². The first-order valence-electron chi connectivity index (χ1n) is 7.85. The number of nitrogens with two attached hydrogens (primary N) is 1. The van der Waals surface area contributed by atoms with Crippen LogP contribution in [0, 0.1) is 5.41 Å². The third-order valence-corrected chi connectivity index (χ3v) is 3.96. The van der Waals surface area contributed by atoms with Crippen molar-refractivity contribution in [1.29, 1.82) is 0 Å². The largest absolute Gasteiger partial charge is 0.353 e. The SMILES string of the molecule is CCCCCC(C)(C)CN=C(NN)NC1CCCC1. The topological polar surface area (TPSA) is 62.4 Å². The van der Waals surface area contributed by atoms with E-state index in [9.17, 15) is 0 Å². The second kappa shape index (κ2) is 8.41. The van der Waals surface area contributed by atoms with Crippen molar-refractivity contribution in [2.24, 2.45) is 16.3 Å². The lowest BCUT2D eigenvalue weighted by Gasteiger charge is -2.23.